The number of aliphatic hydroxyl groups excluding tert-OH is 1. The van der Waals surface area contributed by atoms with Crippen LogP contribution in [0.25, 0.3) is 16.6 Å². The molecule has 1 saturated heterocycles. The molecular weight excluding hydrogens is 428 g/mol. The molecular formula is C22H26N6OS2. The van der Waals surface area contributed by atoms with Crippen molar-refractivity contribution in [3.63, 3.8) is 0 Å². The van der Waals surface area contributed by atoms with Gasteiger partial charge in [-0.05, 0) is 41.7 Å². The van der Waals surface area contributed by atoms with Crippen LogP contribution in [0.1, 0.15) is 19.0 Å². The molecule has 31 heavy (non-hydrogen) atoms. The Morgan fingerprint density at radius 2 is 2.23 bits per heavy atom. The van der Waals surface area contributed by atoms with Crippen molar-refractivity contribution in [3.05, 3.63) is 59.8 Å². The van der Waals surface area contributed by atoms with Gasteiger partial charge in [0.15, 0.2) is 5.65 Å². The Bertz CT molecular complexity index is 1080. The van der Waals surface area contributed by atoms with Crippen molar-refractivity contribution in [1.82, 2.24) is 20.0 Å². The third-order valence-corrected chi connectivity index (χ3v) is 7.79. The standard InChI is InChI=1S/C22H26N6OS2/c1-3-26-31-30-17-6-7-28(13-17)16-8-14-4-5-20(27-22(14)25-12-16)18-9-15(11-24-2)19(23)10-21(18)29/h4-5,8-12,17,23-24,26,29H,3,6-7,13H2,1-2H3/b15-11-,23-19?. The fourth-order valence-corrected chi connectivity index (χ4v) is 5.81. The Hall–Kier alpha value is -2.49. The number of hydrogen-bond acceptors (Lipinski definition) is 9. The van der Waals surface area contributed by atoms with E-state index in [1.165, 1.54) is 6.08 Å². The van der Waals surface area contributed by atoms with E-state index in [4.69, 9.17) is 5.41 Å². The molecule has 4 rings (SSSR count). The second-order valence-electron chi connectivity index (χ2n) is 7.36. The second kappa shape index (κ2) is 9.76. The van der Waals surface area contributed by atoms with E-state index in [1.54, 1.807) is 30.3 Å². The van der Waals surface area contributed by atoms with Crippen LogP contribution in [-0.4, -0.2) is 52.7 Å². The van der Waals surface area contributed by atoms with Gasteiger partial charge in [-0.2, -0.15) is 0 Å². The van der Waals surface area contributed by atoms with Gasteiger partial charge in [0.05, 0.1) is 23.3 Å². The summed E-state index contributed by atoms with van der Waals surface area (Å²) in [5.74, 6) is 0.0396. The maximum absolute atomic E-state index is 10.4. The van der Waals surface area contributed by atoms with E-state index in [0.29, 0.717) is 27.7 Å². The fraction of sp³-hybridized carbons (Fsp3) is 0.318. The highest BCUT2D eigenvalue weighted by molar-refractivity contribution is 8.76. The van der Waals surface area contributed by atoms with Gasteiger partial charge in [-0.15, -0.1) is 0 Å². The van der Waals surface area contributed by atoms with Crippen LogP contribution < -0.4 is 14.9 Å². The number of hydrogen-bond donors (Lipinski definition) is 4. The number of allylic oxidation sites excluding steroid dienone is 4. The predicted octanol–water partition coefficient (Wildman–Crippen LogP) is 4.08. The molecule has 0 aromatic carbocycles. The van der Waals surface area contributed by atoms with Crippen LogP contribution in [-0.2, 0) is 0 Å². The molecule has 2 aromatic heterocycles. The summed E-state index contributed by atoms with van der Waals surface area (Å²) in [6, 6.07) is 6.02. The van der Waals surface area contributed by atoms with E-state index in [9.17, 15) is 5.11 Å². The molecule has 3 heterocycles. The lowest BCUT2D eigenvalue weighted by molar-refractivity contribution is 0.438. The summed E-state index contributed by atoms with van der Waals surface area (Å²) in [4.78, 5) is 11.6. The van der Waals surface area contributed by atoms with Gasteiger partial charge in [0.25, 0.3) is 0 Å². The first-order chi connectivity index (χ1) is 15.1. The van der Waals surface area contributed by atoms with E-state index in [-0.39, 0.29) is 11.5 Å². The average molecular weight is 455 g/mol. The van der Waals surface area contributed by atoms with Gasteiger partial charge in [0, 0.05) is 60.7 Å². The summed E-state index contributed by atoms with van der Waals surface area (Å²) in [6.45, 7) is 5.12. The van der Waals surface area contributed by atoms with E-state index in [2.05, 4.69) is 37.9 Å². The minimum Gasteiger partial charge on any atom is -0.507 e. The Morgan fingerprint density at radius 1 is 1.35 bits per heavy atom. The van der Waals surface area contributed by atoms with Crippen LogP contribution in [0.15, 0.2) is 54.1 Å². The van der Waals surface area contributed by atoms with Crippen molar-refractivity contribution < 1.29 is 5.11 Å². The third-order valence-electron chi connectivity index (χ3n) is 5.17. The molecule has 162 valence electrons. The zero-order valence-electron chi connectivity index (χ0n) is 17.6. The summed E-state index contributed by atoms with van der Waals surface area (Å²) >= 11 is 0. The van der Waals surface area contributed by atoms with Crippen LogP contribution in [0.4, 0.5) is 5.69 Å². The molecule has 0 saturated carbocycles. The Labute approximate surface area is 190 Å². The molecule has 1 fully saturated rings. The monoisotopic (exact) mass is 454 g/mol. The molecule has 2 aromatic rings. The highest BCUT2D eigenvalue weighted by atomic mass is 33.1. The average Bonchev–Trinajstić information content (AvgIpc) is 3.24. The van der Waals surface area contributed by atoms with Crippen molar-refractivity contribution in [2.75, 3.05) is 31.6 Å². The number of aromatic nitrogens is 2. The number of rotatable bonds is 7. The van der Waals surface area contributed by atoms with E-state index >= 15 is 0 Å². The lowest BCUT2D eigenvalue weighted by Gasteiger charge is -2.19. The Morgan fingerprint density at radius 3 is 3.03 bits per heavy atom. The molecule has 1 aliphatic heterocycles. The quantitative estimate of drug-likeness (QED) is 0.282. The van der Waals surface area contributed by atoms with Gasteiger partial charge >= 0.3 is 0 Å². The molecule has 4 N–H and O–H groups in total. The van der Waals surface area contributed by atoms with Gasteiger partial charge in [-0.1, -0.05) is 17.7 Å². The minimum atomic E-state index is 0.0396. The molecule has 9 heteroatoms. The topological polar surface area (TPSA) is 97.2 Å². The largest absolute Gasteiger partial charge is 0.507 e. The van der Waals surface area contributed by atoms with E-state index < -0.39 is 0 Å². The van der Waals surface area contributed by atoms with E-state index in [0.717, 1.165) is 37.1 Å². The van der Waals surface area contributed by atoms with Crippen LogP contribution in [0.2, 0.25) is 0 Å². The number of nitrogens with zero attached hydrogens (tertiary/aromatic N) is 3. The van der Waals surface area contributed by atoms with Gasteiger partial charge in [0.2, 0.25) is 0 Å². The summed E-state index contributed by atoms with van der Waals surface area (Å²) in [7, 11) is 5.42. The zero-order chi connectivity index (χ0) is 21.8. The van der Waals surface area contributed by atoms with Crippen LogP contribution in [0, 0.1) is 5.41 Å². The van der Waals surface area contributed by atoms with Crippen molar-refractivity contribution in [1.29, 1.82) is 5.41 Å². The summed E-state index contributed by atoms with van der Waals surface area (Å²) < 4.78 is 3.30. The fourth-order valence-electron chi connectivity index (χ4n) is 3.61. The van der Waals surface area contributed by atoms with Crippen molar-refractivity contribution in [3.8, 4) is 0 Å². The van der Waals surface area contributed by atoms with Crippen LogP contribution in [0.3, 0.4) is 0 Å². The maximum atomic E-state index is 10.4. The predicted molar refractivity (Wildman–Crippen MR) is 133 cm³/mol. The van der Waals surface area contributed by atoms with Crippen molar-refractivity contribution in [2.24, 2.45) is 0 Å². The van der Waals surface area contributed by atoms with Gasteiger partial charge in [-0.25, -0.2) is 9.97 Å². The first-order valence-electron chi connectivity index (χ1n) is 10.3. The van der Waals surface area contributed by atoms with Crippen molar-refractivity contribution >= 4 is 49.8 Å². The molecule has 1 aliphatic carbocycles. The summed E-state index contributed by atoms with van der Waals surface area (Å²) in [6.07, 6.45) is 7.99. The van der Waals surface area contributed by atoms with Gasteiger partial charge in [-0.3, -0.25) is 4.72 Å². The lowest BCUT2D eigenvalue weighted by atomic mass is 9.96. The van der Waals surface area contributed by atoms with Crippen molar-refractivity contribution in [2.45, 2.75) is 18.6 Å². The number of pyridine rings is 2. The highest BCUT2D eigenvalue weighted by Gasteiger charge is 2.24. The summed E-state index contributed by atoms with van der Waals surface area (Å²) in [5, 5.41) is 22.9. The summed E-state index contributed by atoms with van der Waals surface area (Å²) in [5.41, 5.74) is 3.92. The van der Waals surface area contributed by atoms with Gasteiger partial charge < -0.3 is 20.7 Å². The molecule has 7 nitrogen and oxygen atoms in total. The van der Waals surface area contributed by atoms with Crippen LogP contribution >= 0.6 is 21.8 Å². The molecule has 2 aliphatic rings. The molecule has 0 spiro atoms. The molecule has 1 atom stereocenters. The normalized spacial score (nSPS) is 20.3. The Kier molecular flexibility index (Phi) is 6.84. The molecule has 1 unspecified atom stereocenters. The second-order valence-corrected chi connectivity index (χ2v) is 9.75. The van der Waals surface area contributed by atoms with E-state index in [1.807, 2.05) is 29.1 Å². The van der Waals surface area contributed by atoms with Gasteiger partial charge in [0.1, 0.15) is 5.76 Å². The highest BCUT2D eigenvalue weighted by Crippen LogP contribution is 2.33. The molecule has 0 amide bonds. The maximum Gasteiger partial charge on any atom is 0.159 e. The first kappa shape index (κ1) is 21.7. The lowest BCUT2D eigenvalue weighted by Crippen LogP contribution is -2.20. The van der Waals surface area contributed by atoms with Crippen LogP contribution in [0.5, 0.6) is 0 Å². The number of fused-ring (bicyclic) bond motifs is 1. The number of nitrogens with one attached hydrogen (secondary N) is 3. The Balaban J connectivity index is 1.54. The smallest absolute Gasteiger partial charge is 0.159 e. The minimum absolute atomic E-state index is 0.0396. The number of aliphatic hydroxyl groups is 1. The SMILES string of the molecule is CCNSSC1CCN(c2cnc3nc(C4=C/C(=C/NC)C(=N)C=C4O)ccc3c2)C1. The zero-order valence-corrected chi connectivity index (χ0v) is 19.2. The first-order valence-corrected chi connectivity index (χ1v) is 12.5. The molecule has 0 radical (unpaired) electrons. The number of anilines is 1. The molecule has 0 bridgehead atoms. The third kappa shape index (κ3) is 4.89.